The second-order valence-corrected chi connectivity index (χ2v) is 7.98. The molecule has 0 spiro atoms. The molecule has 0 heterocycles. The molecule has 0 aromatic heterocycles. The van der Waals surface area contributed by atoms with Crippen LogP contribution >= 0.6 is 0 Å². The van der Waals surface area contributed by atoms with Gasteiger partial charge in [0, 0.05) is 26.7 Å². The molecule has 1 unspecified atom stereocenters. The maximum Gasteiger partial charge on any atom is 0.319 e. The van der Waals surface area contributed by atoms with Gasteiger partial charge in [0.15, 0.2) is 0 Å². The van der Waals surface area contributed by atoms with Crippen LogP contribution in [0.5, 0.6) is 11.5 Å². The molecule has 2 rings (SSSR count). The smallest absolute Gasteiger partial charge is 0.319 e. The number of phenols is 2. The van der Waals surface area contributed by atoms with E-state index in [4.69, 9.17) is 0 Å². The first-order valence-electron chi connectivity index (χ1n) is 10.3. The van der Waals surface area contributed by atoms with Crippen molar-refractivity contribution in [1.82, 2.24) is 9.80 Å². The highest BCUT2D eigenvalue weighted by Crippen LogP contribution is 2.45. The fourth-order valence-electron chi connectivity index (χ4n) is 3.72. The second-order valence-electron chi connectivity index (χ2n) is 7.98. The first kappa shape index (κ1) is 22.6. The summed E-state index contributed by atoms with van der Waals surface area (Å²) in [5.41, 5.74) is 3.81. The molecule has 2 aromatic carbocycles. The molecule has 0 bridgehead atoms. The van der Waals surface area contributed by atoms with Gasteiger partial charge in [-0.2, -0.15) is 0 Å². The Balaban J connectivity index is 2.63. The van der Waals surface area contributed by atoms with Crippen molar-refractivity contribution in [2.75, 3.05) is 21.1 Å². The van der Waals surface area contributed by atoms with Crippen LogP contribution in [0, 0.1) is 6.92 Å². The van der Waals surface area contributed by atoms with Gasteiger partial charge in [-0.15, -0.1) is 0 Å². The van der Waals surface area contributed by atoms with Crippen molar-refractivity contribution in [2.45, 2.75) is 52.5 Å². The number of nitrogens with zero attached hydrogens (tertiary/aromatic N) is 2. The van der Waals surface area contributed by atoms with Gasteiger partial charge >= 0.3 is 6.03 Å². The summed E-state index contributed by atoms with van der Waals surface area (Å²) in [5.74, 6) is 0.116. The zero-order valence-corrected chi connectivity index (χ0v) is 18.5. The highest BCUT2D eigenvalue weighted by molar-refractivity contribution is 5.80. The highest BCUT2D eigenvalue weighted by atomic mass is 16.3. The number of hydrogen-bond acceptors (Lipinski definition) is 3. The number of aromatic hydroxyl groups is 2. The molecule has 0 aliphatic heterocycles. The van der Waals surface area contributed by atoms with Crippen LogP contribution in [0.15, 0.2) is 30.3 Å². The third-order valence-electron chi connectivity index (χ3n) is 5.44. The number of carbonyl (C=O) groups excluding carboxylic acids is 1. The largest absolute Gasteiger partial charge is 0.507 e. The monoisotopic (exact) mass is 398 g/mol. The number of benzene rings is 2. The Labute approximate surface area is 174 Å². The van der Waals surface area contributed by atoms with Crippen molar-refractivity contribution in [3.8, 4) is 22.6 Å². The van der Waals surface area contributed by atoms with Crippen molar-refractivity contribution in [3.63, 3.8) is 0 Å². The van der Waals surface area contributed by atoms with E-state index < -0.39 is 0 Å². The topological polar surface area (TPSA) is 64.0 Å². The number of amides is 2. The molecule has 0 radical (unpaired) electrons. The molecule has 158 valence electrons. The summed E-state index contributed by atoms with van der Waals surface area (Å²) in [7, 11) is 5.16. The van der Waals surface area contributed by atoms with Crippen LogP contribution in [0.25, 0.3) is 11.1 Å². The summed E-state index contributed by atoms with van der Waals surface area (Å²) in [6, 6.07) is 8.98. The van der Waals surface area contributed by atoms with Gasteiger partial charge in [-0.25, -0.2) is 4.79 Å². The molecule has 0 saturated heterocycles. The SMILES string of the molecule is CCCCCc1cc(O)c(-c2cccc(C)c2)c(O)c1C(C)N(C)C(=O)N(C)C. The van der Waals surface area contributed by atoms with Crippen LogP contribution in [0.4, 0.5) is 4.79 Å². The first-order valence-corrected chi connectivity index (χ1v) is 10.3. The number of unbranched alkanes of at least 4 members (excludes halogenated alkanes) is 2. The van der Waals surface area contributed by atoms with Crippen LogP contribution in [0.2, 0.25) is 0 Å². The standard InChI is InChI=1S/C24H34N2O3/c1-7-8-9-12-19-15-20(27)22(18-13-10-11-16(2)14-18)23(28)21(19)17(3)26(6)24(29)25(4)5/h10-11,13-15,17,27-28H,7-9,12H2,1-6H3. The van der Waals surface area contributed by atoms with Crippen LogP contribution in [-0.2, 0) is 6.42 Å². The molecule has 0 saturated carbocycles. The Bertz CT molecular complexity index is 861. The summed E-state index contributed by atoms with van der Waals surface area (Å²) in [5, 5.41) is 22.0. The van der Waals surface area contributed by atoms with E-state index in [2.05, 4.69) is 6.92 Å². The van der Waals surface area contributed by atoms with Gasteiger partial charge < -0.3 is 20.0 Å². The van der Waals surface area contributed by atoms with E-state index in [1.807, 2.05) is 38.1 Å². The maximum atomic E-state index is 12.5. The van der Waals surface area contributed by atoms with E-state index in [9.17, 15) is 15.0 Å². The Hall–Kier alpha value is -2.69. The molecule has 2 amide bonds. The third-order valence-corrected chi connectivity index (χ3v) is 5.44. The lowest BCUT2D eigenvalue weighted by atomic mass is 9.89. The molecule has 1 atom stereocenters. The minimum atomic E-state index is -0.342. The van der Waals surface area contributed by atoms with Crippen LogP contribution in [0.3, 0.4) is 0 Å². The number of rotatable bonds is 7. The van der Waals surface area contributed by atoms with Crippen molar-refractivity contribution >= 4 is 6.03 Å². The summed E-state index contributed by atoms with van der Waals surface area (Å²) in [6.07, 6.45) is 3.86. The van der Waals surface area contributed by atoms with Gasteiger partial charge in [-0.1, -0.05) is 49.6 Å². The van der Waals surface area contributed by atoms with E-state index >= 15 is 0 Å². The zero-order valence-electron chi connectivity index (χ0n) is 18.5. The van der Waals surface area contributed by atoms with E-state index in [-0.39, 0.29) is 23.6 Å². The average molecular weight is 399 g/mol. The number of carbonyl (C=O) groups is 1. The lowest BCUT2D eigenvalue weighted by Crippen LogP contribution is -2.38. The minimum absolute atomic E-state index is 0.0491. The quantitative estimate of drug-likeness (QED) is 0.607. The molecule has 2 aromatic rings. The number of hydrogen-bond donors (Lipinski definition) is 2. The molecule has 0 aliphatic carbocycles. The van der Waals surface area contributed by atoms with E-state index in [1.54, 1.807) is 32.1 Å². The van der Waals surface area contributed by atoms with Crippen molar-refractivity contribution in [1.29, 1.82) is 0 Å². The zero-order chi connectivity index (χ0) is 21.7. The van der Waals surface area contributed by atoms with Crippen LogP contribution in [-0.4, -0.2) is 47.2 Å². The van der Waals surface area contributed by atoms with Gasteiger partial charge in [0.05, 0.1) is 11.6 Å². The summed E-state index contributed by atoms with van der Waals surface area (Å²) in [6.45, 7) is 6.03. The summed E-state index contributed by atoms with van der Waals surface area (Å²) >= 11 is 0. The molecule has 0 aliphatic rings. The molecule has 5 heteroatoms. The average Bonchev–Trinajstić information content (AvgIpc) is 2.66. The van der Waals surface area contributed by atoms with Gasteiger partial charge in [0.1, 0.15) is 11.5 Å². The Morgan fingerprint density at radius 3 is 2.38 bits per heavy atom. The minimum Gasteiger partial charge on any atom is -0.507 e. The second kappa shape index (κ2) is 9.68. The molecular weight excluding hydrogens is 364 g/mol. The Kier molecular flexibility index (Phi) is 7.54. The third kappa shape index (κ3) is 5.03. The van der Waals surface area contributed by atoms with Crippen LogP contribution in [0.1, 0.15) is 55.8 Å². The lowest BCUT2D eigenvalue weighted by molar-refractivity contribution is 0.167. The molecular formula is C24H34N2O3. The molecule has 0 fully saturated rings. The lowest BCUT2D eigenvalue weighted by Gasteiger charge is -2.31. The summed E-state index contributed by atoms with van der Waals surface area (Å²) in [4.78, 5) is 15.7. The predicted molar refractivity (Wildman–Crippen MR) is 118 cm³/mol. The fraction of sp³-hybridized carbons (Fsp3) is 0.458. The Morgan fingerprint density at radius 2 is 1.79 bits per heavy atom. The number of urea groups is 1. The van der Waals surface area contributed by atoms with Gasteiger partial charge in [0.2, 0.25) is 0 Å². The van der Waals surface area contributed by atoms with E-state index in [1.165, 1.54) is 4.90 Å². The molecule has 2 N–H and O–H groups in total. The van der Waals surface area contributed by atoms with Gasteiger partial charge in [-0.05, 0) is 43.9 Å². The van der Waals surface area contributed by atoms with Crippen molar-refractivity contribution in [2.24, 2.45) is 0 Å². The maximum absolute atomic E-state index is 12.5. The van der Waals surface area contributed by atoms with E-state index in [0.29, 0.717) is 11.1 Å². The van der Waals surface area contributed by atoms with Gasteiger partial charge in [0.25, 0.3) is 0 Å². The molecule has 29 heavy (non-hydrogen) atoms. The van der Waals surface area contributed by atoms with Crippen molar-refractivity contribution < 1.29 is 15.0 Å². The highest BCUT2D eigenvalue weighted by Gasteiger charge is 2.27. The summed E-state index contributed by atoms with van der Waals surface area (Å²) < 4.78 is 0. The fourth-order valence-corrected chi connectivity index (χ4v) is 3.72. The number of aryl methyl sites for hydroxylation is 2. The molecule has 5 nitrogen and oxygen atoms in total. The Morgan fingerprint density at radius 1 is 1.10 bits per heavy atom. The predicted octanol–water partition coefficient (Wildman–Crippen LogP) is 5.48. The van der Waals surface area contributed by atoms with Crippen molar-refractivity contribution in [3.05, 3.63) is 47.0 Å². The van der Waals surface area contributed by atoms with Gasteiger partial charge in [-0.3, -0.25) is 0 Å². The number of phenolic OH excluding ortho intramolecular Hbond substituents is 2. The first-order chi connectivity index (χ1) is 13.7. The van der Waals surface area contributed by atoms with E-state index in [0.717, 1.165) is 42.4 Å². The van der Waals surface area contributed by atoms with Crippen LogP contribution < -0.4 is 0 Å². The normalized spacial score (nSPS) is 11.9.